The Balaban J connectivity index is 1.90. The van der Waals surface area contributed by atoms with Crippen molar-refractivity contribution in [1.82, 2.24) is 0 Å². The lowest BCUT2D eigenvalue weighted by molar-refractivity contribution is -0.140. The van der Waals surface area contributed by atoms with E-state index in [1.54, 1.807) is 36.1 Å². The minimum absolute atomic E-state index is 0.0203. The Morgan fingerprint density at radius 2 is 1.97 bits per heavy atom. The van der Waals surface area contributed by atoms with E-state index in [0.29, 0.717) is 41.8 Å². The molecule has 3 aliphatic rings. The molecule has 2 heterocycles. The average molecular weight is 522 g/mol. The van der Waals surface area contributed by atoms with Crippen LogP contribution in [0.5, 0.6) is 0 Å². The summed E-state index contributed by atoms with van der Waals surface area (Å²) < 4.78 is 6.32. The van der Waals surface area contributed by atoms with Crippen LogP contribution in [0.4, 0.5) is 11.4 Å². The van der Waals surface area contributed by atoms with Gasteiger partial charge in [0.1, 0.15) is 16.8 Å². The number of nitrogens with zero attached hydrogens (tertiary/aromatic N) is 1. The van der Waals surface area contributed by atoms with Gasteiger partial charge in [0.2, 0.25) is 5.91 Å². The number of amides is 1. The normalized spacial score (nSPS) is 21.6. The van der Waals surface area contributed by atoms with Crippen LogP contribution in [-0.2, 0) is 24.5 Å². The van der Waals surface area contributed by atoms with Gasteiger partial charge in [-0.15, -0.1) is 0 Å². The molecule has 2 aromatic rings. The van der Waals surface area contributed by atoms with E-state index in [1.807, 2.05) is 25.1 Å². The molecule has 1 aliphatic carbocycles. The summed E-state index contributed by atoms with van der Waals surface area (Å²) in [5.41, 5.74) is 8.81. The van der Waals surface area contributed by atoms with Crippen LogP contribution in [0.3, 0.4) is 0 Å². The Morgan fingerprint density at radius 3 is 2.71 bits per heavy atom. The molecule has 1 spiro atoms. The summed E-state index contributed by atoms with van der Waals surface area (Å²) in [5, 5.41) is 2.88. The number of fused-ring (bicyclic) bond motifs is 3. The Labute approximate surface area is 205 Å². The first kappa shape index (κ1) is 22.4. The minimum Gasteiger partial charge on any atom is -0.462 e. The number of allylic oxidation sites excluding steroid dienone is 1. The number of halogens is 1. The summed E-state index contributed by atoms with van der Waals surface area (Å²) in [5.74, 6) is -1.24. The molecule has 34 heavy (non-hydrogen) atoms. The van der Waals surface area contributed by atoms with Crippen LogP contribution in [0.15, 0.2) is 69.6 Å². The highest BCUT2D eigenvalue weighted by Gasteiger charge is 2.61. The van der Waals surface area contributed by atoms with Gasteiger partial charge in [-0.25, -0.2) is 4.79 Å². The number of carbonyl (C=O) groups is 3. The number of anilines is 2. The maximum atomic E-state index is 13.8. The topological polar surface area (TPSA) is 102 Å². The highest BCUT2D eigenvalue weighted by Crippen LogP contribution is 2.55. The molecule has 5 rings (SSSR count). The average Bonchev–Trinajstić information content (AvgIpc) is 3.07. The number of hydrogen-bond acceptors (Lipinski definition) is 6. The van der Waals surface area contributed by atoms with Crippen LogP contribution in [-0.4, -0.2) is 24.3 Å². The molecule has 2 aromatic carbocycles. The minimum atomic E-state index is -1.65. The van der Waals surface area contributed by atoms with E-state index in [9.17, 15) is 14.4 Å². The predicted octanol–water partition coefficient (Wildman–Crippen LogP) is 4.21. The lowest BCUT2D eigenvalue weighted by Gasteiger charge is -2.44. The molecule has 0 radical (unpaired) electrons. The third-order valence-electron chi connectivity index (χ3n) is 6.70. The second-order valence-electron chi connectivity index (χ2n) is 8.60. The van der Waals surface area contributed by atoms with Crippen LogP contribution < -0.4 is 16.0 Å². The van der Waals surface area contributed by atoms with Crippen molar-refractivity contribution in [2.75, 3.05) is 16.8 Å². The van der Waals surface area contributed by atoms with Crippen LogP contribution in [0, 0.1) is 6.92 Å². The molecular weight excluding hydrogens is 498 g/mol. The van der Waals surface area contributed by atoms with Crippen molar-refractivity contribution < 1.29 is 19.1 Å². The first-order valence-electron chi connectivity index (χ1n) is 11.2. The fourth-order valence-electron chi connectivity index (χ4n) is 5.41. The molecule has 0 saturated carbocycles. The fraction of sp³-hybridized carbons (Fsp3) is 0.269. The molecule has 0 fully saturated rings. The number of nitrogens with two attached hydrogens (primary N) is 1. The van der Waals surface area contributed by atoms with Gasteiger partial charge < -0.3 is 15.8 Å². The highest BCUT2D eigenvalue weighted by atomic mass is 79.9. The number of nitrogens with one attached hydrogen (secondary N) is 1. The summed E-state index contributed by atoms with van der Waals surface area (Å²) in [6, 6.07) is 12.8. The van der Waals surface area contributed by atoms with Crippen molar-refractivity contribution in [3.05, 3.63) is 80.7 Å². The predicted molar refractivity (Wildman–Crippen MR) is 132 cm³/mol. The molecule has 0 bridgehead atoms. The monoisotopic (exact) mass is 521 g/mol. The first-order valence-corrected chi connectivity index (χ1v) is 12.0. The lowest BCUT2D eigenvalue weighted by Crippen LogP contribution is -2.53. The number of benzene rings is 2. The van der Waals surface area contributed by atoms with Crippen LogP contribution in [0.2, 0.25) is 0 Å². The van der Waals surface area contributed by atoms with Crippen LogP contribution >= 0.6 is 15.9 Å². The third kappa shape index (κ3) is 2.98. The van der Waals surface area contributed by atoms with Gasteiger partial charge in [-0.05, 0) is 56.5 Å². The Bertz CT molecular complexity index is 1330. The van der Waals surface area contributed by atoms with E-state index in [4.69, 9.17) is 10.5 Å². The largest absolute Gasteiger partial charge is 0.462 e. The van der Waals surface area contributed by atoms with E-state index in [1.165, 1.54) is 0 Å². The molecular formula is C26H24BrN3O4. The molecule has 1 atom stereocenters. The second-order valence-corrected chi connectivity index (χ2v) is 9.51. The van der Waals surface area contributed by atoms with Gasteiger partial charge in [0, 0.05) is 33.4 Å². The van der Waals surface area contributed by atoms with Crippen molar-refractivity contribution >= 4 is 45.0 Å². The van der Waals surface area contributed by atoms with Crippen LogP contribution in [0.1, 0.15) is 37.3 Å². The molecule has 3 N–H and O–H groups in total. The maximum Gasteiger partial charge on any atom is 0.339 e. The highest BCUT2D eigenvalue weighted by molar-refractivity contribution is 9.10. The molecule has 0 aromatic heterocycles. The zero-order chi connectivity index (χ0) is 24.2. The lowest BCUT2D eigenvalue weighted by atomic mass is 9.63. The summed E-state index contributed by atoms with van der Waals surface area (Å²) in [4.78, 5) is 42.7. The van der Waals surface area contributed by atoms with Gasteiger partial charge in [0.05, 0.1) is 12.3 Å². The Hall–Kier alpha value is -3.39. The standard InChI is InChI=1S/C26H24BrN3O4/c1-3-34-24(32)22-23(28)30(18-12-11-15(27)13-14(18)2)19-9-6-10-20(31)21(19)26(22)16-7-4-5-8-17(16)29-25(26)33/h4-5,7-8,11-13H,3,6,9-10,28H2,1-2H3,(H,29,33). The van der Waals surface area contributed by atoms with E-state index < -0.39 is 17.3 Å². The SMILES string of the molecule is CCOC(=O)C1=C(N)N(c2ccc(Br)cc2C)C2=C(C(=O)CCC2)C12C(=O)Nc1ccccc12. The summed E-state index contributed by atoms with van der Waals surface area (Å²) >= 11 is 3.49. The van der Waals surface area contributed by atoms with Crippen molar-refractivity contribution in [3.8, 4) is 0 Å². The van der Waals surface area contributed by atoms with Gasteiger partial charge in [-0.2, -0.15) is 0 Å². The molecule has 1 unspecified atom stereocenters. The smallest absolute Gasteiger partial charge is 0.339 e. The summed E-state index contributed by atoms with van der Waals surface area (Å²) in [7, 11) is 0. The quantitative estimate of drug-likeness (QED) is 0.586. The van der Waals surface area contributed by atoms with Gasteiger partial charge in [0.15, 0.2) is 5.78 Å². The van der Waals surface area contributed by atoms with E-state index >= 15 is 0 Å². The number of aryl methyl sites for hydroxylation is 1. The van der Waals surface area contributed by atoms with E-state index in [0.717, 1.165) is 15.7 Å². The molecule has 2 aliphatic heterocycles. The number of Topliss-reactive ketones (excluding diaryl/α,β-unsaturated/α-hetero) is 1. The van der Waals surface area contributed by atoms with Crippen molar-refractivity contribution in [1.29, 1.82) is 0 Å². The number of para-hydroxylation sites is 1. The Morgan fingerprint density at radius 1 is 1.21 bits per heavy atom. The second kappa shape index (κ2) is 8.13. The number of esters is 1. The molecule has 0 saturated heterocycles. The molecule has 1 amide bonds. The molecule has 8 heteroatoms. The number of rotatable bonds is 3. The Kier molecular flexibility index (Phi) is 5.36. The zero-order valence-corrected chi connectivity index (χ0v) is 20.5. The van der Waals surface area contributed by atoms with Crippen molar-refractivity contribution in [3.63, 3.8) is 0 Å². The van der Waals surface area contributed by atoms with E-state index in [2.05, 4.69) is 21.2 Å². The van der Waals surface area contributed by atoms with Gasteiger partial charge >= 0.3 is 5.97 Å². The maximum absolute atomic E-state index is 13.8. The number of ketones is 1. The number of hydrogen-bond donors (Lipinski definition) is 2. The molecule has 174 valence electrons. The summed E-state index contributed by atoms with van der Waals surface area (Å²) in [6.45, 7) is 3.73. The van der Waals surface area contributed by atoms with E-state index in [-0.39, 0.29) is 23.8 Å². The van der Waals surface area contributed by atoms with Crippen molar-refractivity contribution in [2.24, 2.45) is 5.73 Å². The summed E-state index contributed by atoms with van der Waals surface area (Å²) in [6.07, 6.45) is 1.47. The number of carbonyl (C=O) groups excluding carboxylic acids is 3. The van der Waals surface area contributed by atoms with Gasteiger partial charge in [-0.3, -0.25) is 14.5 Å². The van der Waals surface area contributed by atoms with Gasteiger partial charge in [-0.1, -0.05) is 34.1 Å². The fourth-order valence-corrected chi connectivity index (χ4v) is 5.89. The van der Waals surface area contributed by atoms with Gasteiger partial charge in [0.25, 0.3) is 0 Å². The van der Waals surface area contributed by atoms with Crippen molar-refractivity contribution in [2.45, 2.75) is 38.5 Å². The third-order valence-corrected chi connectivity index (χ3v) is 7.19. The van der Waals surface area contributed by atoms with Crippen LogP contribution in [0.25, 0.3) is 0 Å². The number of ether oxygens (including phenoxy) is 1. The molecule has 7 nitrogen and oxygen atoms in total. The first-order chi connectivity index (χ1) is 16.3. The zero-order valence-electron chi connectivity index (χ0n) is 18.9.